The second-order valence-electron chi connectivity index (χ2n) is 3.76. The molecule has 0 saturated heterocycles. The topological polar surface area (TPSA) is 69.7 Å². The average molecular weight is 242 g/mol. The molecule has 1 unspecified atom stereocenters. The van der Waals surface area contributed by atoms with E-state index in [1.54, 1.807) is 23.1 Å². The number of halogens is 1. The Kier molecular flexibility index (Phi) is 6.07. The van der Waals surface area contributed by atoms with Crippen molar-refractivity contribution in [3.05, 3.63) is 35.6 Å². The van der Waals surface area contributed by atoms with Gasteiger partial charge in [0.15, 0.2) is 0 Å². The molecule has 0 bridgehead atoms. The van der Waals surface area contributed by atoms with E-state index in [1.807, 2.05) is 0 Å². The second kappa shape index (κ2) is 7.34. The molecule has 1 aromatic carbocycles. The van der Waals surface area contributed by atoms with Gasteiger partial charge < -0.3 is 15.9 Å². The molecule has 1 atom stereocenters. The van der Waals surface area contributed by atoms with Crippen molar-refractivity contribution in [2.75, 3.05) is 32.8 Å². The molecule has 4 nitrogen and oxygen atoms in total. The van der Waals surface area contributed by atoms with Gasteiger partial charge in [0.1, 0.15) is 5.82 Å². The molecule has 0 aliphatic carbocycles. The average Bonchev–Trinajstić information content (AvgIpc) is 2.33. The highest BCUT2D eigenvalue weighted by Crippen LogP contribution is 2.21. The number of hydrogen-bond donors (Lipinski definition) is 3. The first-order valence-corrected chi connectivity index (χ1v) is 5.64. The Morgan fingerprint density at radius 1 is 1.18 bits per heavy atom. The zero-order valence-corrected chi connectivity index (χ0v) is 9.72. The third kappa shape index (κ3) is 3.74. The van der Waals surface area contributed by atoms with Crippen molar-refractivity contribution in [1.82, 2.24) is 4.90 Å². The molecule has 0 saturated carbocycles. The zero-order valence-electron chi connectivity index (χ0n) is 9.72. The minimum Gasteiger partial charge on any atom is -0.395 e. The van der Waals surface area contributed by atoms with Gasteiger partial charge in [-0.3, -0.25) is 4.90 Å². The van der Waals surface area contributed by atoms with Crippen molar-refractivity contribution in [2.45, 2.75) is 6.04 Å². The number of nitrogens with zero attached hydrogens (tertiary/aromatic N) is 1. The molecule has 0 aliphatic rings. The van der Waals surface area contributed by atoms with E-state index in [9.17, 15) is 4.39 Å². The van der Waals surface area contributed by atoms with Crippen LogP contribution in [0.15, 0.2) is 24.3 Å². The smallest absolute Gasteiger partial charge is 0.128 e. The number of aliphatic hydroxyl groups is 2. The molecule has 0 aliphatic heterocycles. The van der Waals surface area contributed by atoms with Crippen molar-refractivity contribution in [3.8, 4) is 0 Å². The number of hydrogen-bond acceptors (Lipinski definition) is 4. The highest BCUT2D eigenvalue weighted by atomic mass is 19.1. The van der Waals surface area contributed by atoms with E-state index in [-0.39, 0.29) is 31.6 Å². The fourth-order valence-corrected chi connectivity index (χ4v) is 1.90. The largest absolute Gasteiger partial charge is 0.395 e. The van der Waals surface area contributed by atoms with Crippen LogP contribution in [0.3, 0.4) is 0 Å². The zero-order chi connectivity index (χ0) is 12.7. The summed E-state index contributed by atoms with van der Waals surface area (Å²) in [5.41, 5.74) is 6.16. The normalized spacial score (nSPS) is 13.0. The monoisotopic (exact) mass is 242 g/mol. The summed E-state index contributed by atoms with van der Waals surface area (Å²) in [6.07, 6.45) is 0. The molecule has 0 spiro atoms. The number of rotatable bonds is 7. The van der Waals surface area contributed by atoms with Gasteiger partial charge in [0.2, 0.25) is 0 Å². The SMILES string of the molecule is NCC(c1ccccc1F)N(CCO)CCO. The van der Waals surface area contributed by atoms with Crippen LogP contribution in [0.1, 0.15) is 11.6 Å². The van der Waals surface area contributed by atoms with Gasteiger partial charge in [-0.2, -0.15) is 0 Å². The van der Waals surface area contributed by atoms with Crippen molar-refractivity contribution in [1.29, 1.82) is 0 Å². The fourth-order valence-electron chi connectivity index (χ4n) is 1.90. The summed E-state index contributed by atoms with van der Waals surface area (Å²) >= 11 is 0. The van der Waals surface area contributed by atoms with Gasteiger partial charge in [-0.15, -0.1) is 0 Å². The summed E-state index contributed by atoms with van der Waals surface area (Å²) < 4.78 is 13.7. The van der Waals surface area contributed by atoms with Gasteiger partial charge in [-0.05, 0) is 6.07 Å². The molecule has 0 fully saturated rings. The van der Waals surface area contributed by atoms with Crippen LogP contribution in [0.5, 0.6) is 0 Å². The molecule has 1 aromatic rings. The molecule has 5 heteroatoms. The van der Waals surface area contributed by atoms with Gasteiger partial charge in [0, 0.05) is 25.2 Å². The van der Waals surface area contributed by atoms with Crippen LogP contribution in [0.4, 0.5) is 4.39 Å². The minimum absolute atomic E-state index is 0.0506. The van der Waals surface area contributed by atoms with Crippen LogP contribution >= 0.6 is 0 Å². The fraction of sp³-hybridized carbons (Fsp3) is 0.500. The van der Waals surface area contributed by atoms with Gasteiger partial charge in [-0.1, -0.05) is 18.2 Å². The molecule has 0 heterocycles. The Hall–Kier alpha value is -1.01. The molecule has 0 amide bonds. The Morgan fingerprint density at radius 3 is 2.24 bits per heavy atom. The van der Waals surface area contributed by atoms with Crippen LogP contribution in [0, 0.1) is 5.82 Å². The highest BCUT2D eigenvalue weighted by molar-refractivity contribution is 5.21. The summed E-state index contributed by atoms with van der Waals surface area (Å²) in [7, 11) is 0. The van der Waals surface area contributed by atoms with E-state index >= 15 is 0 Å². The Bertz CT molecular complexity index is 330. The van der Waals surface area contributed by atoms with E-state index in [1.165, 1.54) is 6.07 Å². The standard InChI is InChI=1S/C12H19FN2O2/c13-11-4-2-1-3-10(11)12(9-14)15(5-7-16)6-8-17/h1-4,12,16-17H,5-9,14H2. The maximum absolute atomic E-state index is 13.7. The number of benzene rings is 1. The first-order valence-electron chi connectivity index (χ1n) is 5.64. The molecular weight excluding hydrogens is 223 g/mol. The molecular formula is C12H19FN2O2. The first-order chi connectivity index (χ1) is 8.24. The lowest BCUT2D eigenvalue weighted by atomic mass is 10.0. The van der Waals surface area contributed by atoms with Crippen LogP contribution in [-0.2, 0) is 0 Å². The van der Waals surface area contributed by atoms with Crippen molar-refractivity contribution >= 4 is 0 Å². The third-order valence-electron chi connectivity index (χ3n) is 2.70. The number of nitrogens with two attached hydrogens (primary N) is 1. The van der Waals surface area contributed by atoms with Crippen LogP contribution in [-0.4, -0.2) is 48.0 Å². The molecule has 0 radical (unpaired) electrons. The summed E-state index contributed by atoms with van der Waals surface area (Å²) in [5, 5.41) is 17.9. The summed E-state index contributed by atoms with van der Waals surface area (Å²) in [6, 6.07) is 6.10. The lowest BCUT2D eigenvalue weighted by molar-refractivity contribution is 0.122. The Balaban J connectivity index is 2.91. The summed E-state index contributed by atoms with van der Waals surface area (Å²) in [5.74, 6) is -0.316. The van der Waals surface area contributed by atoms with Crippen molar-refractivity contribution in [3.63, 3.8) is 0 Å². The van der Waals surface area contributed by atoms with E-state index in [2.05, 4.69) is 0 Å². The Morgan fingerprint density at radius 2 is 1.76 bits per heavy atom. The van der Waals surface area contributed by atoms with Crippen LogP contribution in [0.2, 0.25) is 0 Å². The molecule has 1 rings (SSSR count). The van der Waals surface area contributed by atoms with Crippen molar-refractivity contribution < 1.29 is 14.6 Å². The van der Waals surface area contributed by atoms with E-state index in [0.717, 1.165) is 0 Å². The predicted molar refractivity (Wildman–Crippen MR) is 63.9 cm³/mol. The molecule has 17 heavy (non-hydrogen) atoms. The van der Waals surface area contributed by atoms with E-state index < -0.39 is 0 Å². The predicted octanol–water partition coefficient (Wildman–Crippen LogP) is 0.112. The summed E-state index contributed by atoms with van der Waals surface area (Å²) in [6.45, 7) is 0.852. The number of aliphatic hydroxyl groups excluding tert-OH is 2. The lowest BCUT2D eigenvalue weighted by Gasteiger charge is -2.30. The third-order valence-corrected chi connectivity index (χ3v) is 2.70. The van der Waals surface area contributed by atoms with Gasteiger partial charge in [0.25, 0.3) is 0 Å². The van der Waals surface area contributed by atoms with Crippen LogP contribution < -0.4 is 5.73 Å². The van der Waals surface area contributed by atoms with Gasteiger partial charge in [-0.25, -0.2) is 4.39 Å². The maximum atomic E-state index is 13.7. The first kappa shape index (κ1) is 14.1. The maximum Gasteiger partial charge on any atom is 0.128 e. The van der Waals surface area contributed by atoms with E-state index in [4.69, 9.17) is 15.9 Å². The van der Waals surface area contributed by atoms with E-state index in [0.29, 0.717) is 18.7 Å². The minimum atomic E-state index is -0.324. The summed E-state index contributed by atoms with van der Waals surface area (Å²) in [4.78, 5) is 1.78. The molecule has 96 valence electrons. The second-order valence-corrected chi connectivity index (χ2v) is 3.76. The van der Waals surface area contributed by atoms with Crippen LogP contribution in [0.25, 0.3) is 0 Å². The molecule has 0 aromatic heterocycles. The van der Waals surface area contributed by atoms with Gasteiger partial charge >= 0.3 is 0 Å². The van der Waals surface area contributed by atoms with Gasteiger partial charge in [0.05, 0.1) is 19.3 Å². The quantitative estimate of drug-likeness (QED) is 0.635. The lowest BCUT2D eigenvalue weighted by Crippen LogP contribution is -2.38. The molecule has 4 N–H and O–H groups in total. The highest BCUT2D eigenvalue weighted by Gasteiger charge is 2.20. The van der Waals surface area contributed by atoms with Crippen molar-refractivity contribution in [2.24, 2.45) is 5.73 Å². The Labute approximate surface area is 100 Å².